The molecule has 0 bridgehead atoms. The molecule has 1 aliphatic heterocycles. The molecule has 4 heteroatoms. The third-order valence-corrected chi connectivity index (χ3v) is 3.90. The molecule has 0 aromatic rings. The number of ether oxygens (including phenoxy) is 1. The van der Waals surface area contributed by atoms with Gasteiger partial charge < -0.3 is 10.1 Å². The van der Waals surface area contributed by atoms with Gasteiger partial charge in [-0.3, -0.25) is 9.69 Å². The Balaban J connectivity index is 1.59. The highest BCUT2D eigenvalue weighted by molar-refractivity contribution is 5.78. The largest absolute Gasteiger partial charge is 0.379 e. The zero-order valence-electron chi connectivity index (χ0n) is 10.8. The van der Waals surface area contributed by atoms with Gasteiger partial charge in [0.05, 0.1) is 13.2 Å². The molecule has 1 heterocycles. The second-order valence-corrected chi connectivity index (χ2v) is 5.36. The first-order valence-corrected chi connectivity index (χ1v) is 6.83. The van der Waals surface area contributed by atoms with Crippen LogP contribution >= 0.6 is 0 Å². The lowest BCUT2D eigenvalue weighted by molar-refractivity contribution is -0.124. The van der Waals surface area contributed by atoms with Gasteiger partial charge in [-0.25, -0.2) is 0 Å². The number of rotatable bonds is 4. The van der Waals surface area contributed by atoms with Crippen LogP contribution in [0.25, 0.3) is 0 Å². The van der Waals surface area contributed by atoms with Crippen LogP contribution in [0.1, 0.15) is 26.2 Å². The summed E-state index contributed by atoms with van der Waals surface area (Å²) >= 11 is 0. The summed E-state index contributed by atoms with van der Waals surface area (Å²) in [4.78, 5) is 14.2. The molecule has 98 valence electrons. The summed E-state index contributed by atoms with van der Waals surface area (Å²) in [5.41, 5.74) is 0. The Bertz CT molecular complexity index is 252. The molecule has 4 nitrogen and oxygen atoms in total. The van der Waals surface area contributed by atoms with Crippen LogP contribution in [-0.4, -0.2) is 50.2 Å². The van der Waals surface area contributed by atoms with Crippen molar-refractivity contribution in [2.45, 2.75) is 26.2 Å². The van der Waals surface area contributed by atoms with Gasteiger partial charge in [0, 0.05) is 32.1 Å². The van der Waals surface area contributed by atoms with E-state index in [1.54, 1.807) is 0 Å². The lowest BCUT2D eigenvalue weighted by atomic mass is 10.1. The Morgan fingerprint density at radius 3 is 2.76 bits per heavy atom. The number of morpholine rings is 1. The van der Waals surface area contributed by atoms with Crippen molar-refractivity contribution in [3.05, 3.63) is 0 Å². The number of nitrogens with one attached hydrogen (secondary N) is 1. The van der Waals surface area contributed by atoms with E-state index in [0.29, 0.717) is 0 Å². The van der Waals surface area contributed by atoms with Crippen LogP contribution in [0.15, 0.2) is 0 Å². The minimum Gasteiger partial charge on any atom is -0.379 e. The normalized spacial score (nSPS) is 30.4. The van der Waals surface area contributed by atoms with Crippen molar-refractivity contribution in [1.29, 1.82) is 0 Å². The lowest BCUT2D eigenvalue weighted by Crippen LogP contribution is -2.42. The monoisotopic (exact) mass is 240 g/mol. The van der Waals surface area contributed by atoms with E-state index < -0.39 is 0 Å². The number of hydrogen-bond acceptors (Lipinski definition) is 3. The number of amides is 1. The smallest absolute Gasteiger partial charge is 0.223 e. The minimum atomic E-state index is 0.266. The summed E-state index contributed by atoms with van der Waals surface area (Å²) < 4.78 is 5.29. The van der Waals surface area contributed by atoms with E-state index in [9.17, 15) is 4.79 Å². The Labute approximate surface area is 104 Å². The number of carbonyl (C=O) groups is 1. The van der Waals surface area contributed by atoms with Gasteiger partial charge in [-0.2, -0.15) is 0 Å². The van der Waals surface area contributed by atoms with Gasteiger partial charge >= 0.3 is 0 Å². The van der Waals surface area contributed by atoms with Crippen molar-refractivity contribution < 1.29 is 9.53 Å². The van der Waals surface area contributed by atoms with E-state index in [0.717, 1.165) is 58.2 Å². The first-order valence-electron chi connectivity index (χ1n) is 6.83. The highest BCUT2D eigenvalue weighted by atomic mass is 16.5. The van der Waals surface area contributed by atoms with Crippen LogP contribution in [-0.2, 0) is 9.53 Å². The van der Waals surface area contributed by atoms with Crippen LogP contribution < -0.4 is 5.32 Å². The van der Waals surface area contributed by atoms with Gasteiger partial charge in [0.1, 0.15) is 0 Å². The highest BCUT2D eigenvalue weighted by Gasteiger charge is 2.26. The fourth-order valence-electron chi connectivity index (χ4n) is 2.75. The maximum Gasteiger partial charge on any atom is 0.223 e. The molecule has 1 saturated heterocycles. The Kier molecular flexibility index (Phi) is 4.80. The van der Waals surface area contributed by atoms with Crippen molar-refractivity contribution in [2.75, 3.05) is 39.4 Å². The molecule has 1 aliphatic carbocycles. The van der Waals surface area contributed by atoms with Crippen LogP contribution in [0.3, 0.4) is 0 Å². The van der Waals surface area contributed by atoms with E-state index >= 15 is 0 Å². The molecule has 0 aromatic heterocycles. The predicted octanol–water partition coefficient (Wildman–Crippen LogP) is 0.871. The Morgan fingerprint density at radius 1 is 1.35 bits per heavy atom. The fourth-order valence-corrected chi connectivity index (χ4v) is 2.75. The Morgan fingerprint density at radius 2 is 2.12 bits per heavy atom. The minimum absolute atomic E-state index is 0.266. The van der Waals surface area contributed by atoms with Crippen molar-refractivity contribution in [2.24, 2.45) is 11.8 Å². The van der Waals surface area contributed by atoms with Crippen molar-refractivity contribution in [3.8, 4) is 0 Å². The first-order chi connectivity index (χ1) is 8.25. The summed E-state index contributed by atoms with van der Waals surface area (Å²) in [6.45, 7) is 7.62. The summed E-state index contributed by atoms with van der Waals surface area (Å²) in [5.74, 6) is 1.27. The SMILES string of the molecule is C[C@@H]1CC[C@H](C(=O)NCCN2CCOCC2)C1. The molecule has 2 fully saturated rings. The molecule has 2 aliphatic rings. The topological polar surface area (TPSA) is 41.6 Å². The maximum atomic E-state index is 11.9. The van der Waals surface area contributed by atoms with Gasteiger partial charge in [-0.1, -0.05) is 6.92 Å². The van der Waals surface area contributed by atoms with E-state index in [1.165, 1.54) is 6.42 Å². The molecule has 1 N–H and O–H groups in total. The molecule has 2 rings (SSSR count). The zero-order chi connectivity index (χ0) is 12.1. The quantitative estimate of drug-likeness (QED) is 0.793. The number of hydrogen-bond donors (Lipinski definition) is 1. The molecule has 0 unspecified atom stereocenters. The molecule has 0 spiro atoms. The standard InChI is InChI=1S/C13H24N2O2/c1-11-2-3-12(10-11)13(16)14-4-5-15-6-8-17-9-7-15/h11-12H,2-10H2,1H3,(H,14,16)/t11-,12+/m1/s1. The van der Waals surface area contributed by atoms with Gasteiger partial charge in [-0.05, 0) is 25.2 Å². The average molecular weight is 240 g/mol. The highest BCUT2D eigenvalue weighted by Crippen LogP contribution is 2.30. The molecule has 0 radical (unpaired) electrons. The van der Waals surface area contributed by atoms with Crippen molar-refractivity contribution in [3.63, 3.8) is 0 Å². The van der Waals surface area contributed by atoms with E-state index in [-0.39, 0.29) is 11.8 Å². The second-order valence-electron chi connectivity index (χ2n) is 5.36. The van der Waals surface area contributed by atoms with Crippen LogP contribution in [0.2, 0.25) is 0 Å². The summed E-state index contributed by atoms with van der Waals surface area (Å²) in [5, 5.41) is 3.07. The van der Waals surface area contributed by atoms with Crippen LogP contribution in [0, 0.1) is 11.8 Å². The second kappa shape index (κ2) is 6.36. The predicted molar refractivity (Wildman–Crippen MR) is 66.8 cm³/mol. The molecule has 2 atom stereocenters. The summed E-state index contributed by atoms with van der Waals surface area (Å²) in [6, 6.07) is 0. The molecular formula is C13H24N2O2. The maximum absolute atomic E-state index is 11.9. The van der Waals surface area contributed by atoms with Crippen molar-refractivity contribution in [1.82, 2.24) is 10.2 Å². The summed E-state index contributed by atoms with van der Waals surface area (Å²) in [6.07, 6.45) is 3.36. The molecular weight excluding hydrogens is 216 g/mol. The van der Waals surface area contributed by atoms with E-state index in [4.69, 9.17) is 4.74 Å². The number of carbonyl (C=O) groups excluding carboxylic acids is 1. The summed E-state index contributed by atoms with van der Waals surface area (Å²) in [7, 11) is 0. The average Bonchev–Trinajstić information content (AvgIpc) is 2.77. The van der Waals surface area contributed by atoms with Crippen LogP contribution in [0.4, 0.5) is 0 Å². The third-order valence-electron chi connectivity index (χ3n) is 3.90. The van der Waals surface area contributed by atoms with Crippen molar-refractivity contribution >= 4 is 5.91 Å². The van der Waals surface area contributed by atoms with Gasteiger partial charge in [-0.15, -0.1) is 0 Å². The van der Waals surface area contributed by atoms with Gasteiger partial charge in [0.2, 0.25) is 5.91 Å². The third kappa shape index (κ3) is 3.96. The first kappa shape index (κ1) is 12.8. The molecule has 17 heavy (non-hydrogen) atoms. The van der Waals surface area contributed by atoms with Gasteiger partial charge in [0.25, 0.3) is 0 Å². The molecule has 1 amide bonds. The number of nitrogens with zero attached hydrogens (tertiary/aromatic N) is 1. The van der Waals surface area contributed by atoms with E-state index in [2.05, 4.69) is 17.1 Å². The van der Waals surface area contributed by atoms with Crippen LogP contribution in [0.5, 0.6) is 0 Å². The molecule has 0 aromatic carbocycles. The zero-order valence-corrected chi connectivity index (χ0v) is 10.8. The molecule has 1 saturated carbocycles. The van der Waals surface area contributed by atoms with E-state index in [1.807, 2.05) is 0 Å². The fraction of sp³-hybridized carbons (Fsp3) is 0.923. The Hall–Kier alpha value is -0.610. The lowest BCUT2D eigenvalue weighted by Gasteiger charge is -2.26. The van der Waals surface area contributed by atoms with Gasteiger partial charge in [0.15, 0.2) is 0 Å².